The van der Waals surface area contributed by atoms with Crippen molar-refractivity contribution < 1.29 is 29.7 Å². The molecule has 2 aromatic rings. The molecule has 0 saturated carbocycles. The van der Waals surface area contributed by atoms with Gasteiger partial charge in [0.25, 0.3) is 11.8 Å². The summed E-state index contributed by atoms with van der Waals surface area (Å²) in [6.45, 7) is 3.45. The number of aromatic hydroxyl groups is 1. The molecule has 2 amide bonds. The fourth-order valence-electron chi connectivity index (χ4n) is 4.04. The first-order valence-corrected chi connectivity index (χ1v) is 11.0. The van der Waals surface area contributed by atoms with Crippen molar-refractivity contribution in [3.8, 4) is 5.75 Å². The van der Waals surface area contributed by atoms with Crippen LogP contribution >= 0.6 is 11.6 Å². The van der Waals surface area contributed by atoms with Crippen LogP contribution in [-0.4, -0.2) is 68.1 Å². The quantitative estimate of drug-likeness (QED) is 0.454. The summed E-state index contributed by atoms with van der Waals surface area (Å²) < 4.78 is 0. The molecule has 1 aliphatic heterocycles. The number of phenols is 1. The lowest BCUT2D eigenvalue weighted by molar-refractivity contribution is -0.152. The number of amides is 2. The van der Waals surface area contributed by atoms with Gasteiger partial charge in [0, 0.05) is 17.7 Å². The number of benzene rings is 2. The first-order chi connectivity index (χ1) is 15.6. The first-order valence-electron chi connectivity index (χ1n) is 10.6. The summed E-state index contributed by atoms with van der Waals surface area (Å²) in [6.07, 6.45) is -1.49. The zero-order valence-corrected chi connectivity index (χ0v) is 19.1. The van der Waals surface area contributed by atoms with Gasteiger partial charge in [0.05, 0.1) is 11.4 Å². The third-order valence-electron chi connectivity index (χ3n) is 6.02. The summed E-state index contributed by atoms with van der Waals surface area (Å²) in [5, 5.41) is 32.6. The van der Waals surface area contributed by atoms with Crippen molar-refractivity contribution in [2.45, 2.75) is 50.3 Å². The normalized spacial score (nSPS) is 19.7. The second-order valence-corrected chi connectivity index (χ2v) is 8.90. The van der Waals surface area contributed by atoms with E-state index in [1.807, 2.05) is 31.2 Å². The van der Waals surface area contributed by atoms with E-state index in [4.69, 9.17) is 11.6 Å². The third-order valence-corrected chi connectivity index (χ3v) is 6.34. The standard InChI is InChI=1S/C24H27ClN2O6/c1-13-6-3-4-7-15(13)10-18(26-22(30)17-8-5-9-20(28)14(17)2)21(29)23(31)27-12-16(25)11-19(27)24(32)33/h3-9,16,18-19,21,28-29H,10-12H2,1-2H3,(H,26,30)(H,32,33)/t16-,18-,19-,21-/m0/s1. The third kappa shape index (κ3) is 5.46. The van der Waals surface area contributed by atoms with Gasteiger partial charge in [-0.3, -0.25) is 9.59 Å². The van der Waals surface area contributed by atoms with E-state index >= 15 is 0 Å². The number of likely N-dealkylation sites (tertiary alicyclic amines) is 1. The van der Waals surface area contributed by atoms with Crippen molar-refractivity contribution in [1.82, 2.24) is 10.2 Å². The van der Waals surface area contributed by atoms with Crippen molar-refractivity contribution >= 4 is 29.4 Å². The highest BCUT2D eigenvalue weighted by Crippen LogP contribution is 2.25. The largest absolute Gasteiger partial charge is 0.508 e. The smallest absolute Gasteiger partial charge is 0.326 e. The molecule has 1 fully saturated rings. The van der Waals surface area contributed by atoms with Gasteiger partial charge in [-0.2, -0.15) is 0 Å². The number of nitrogens with zero attached hydrogens (tertiary/aromatic N) is 1. The molecule has 3 rings (SSSR count). The number of halogens is 1. The number of hydrogen-bond donors (Lipinski definition) is 4. The SMILES string of the molecule is Cc1ccccc1C[C@H](NC(=O)c1cccc(O)c1C)[C@H](O)C(=O)N1C[C@@H](Cl)C[C@H]1C(=O)O. The van der Waals surface area contributed by atoms with Gasteiger partial charge >= 0.3 is 5.97 Å². The molecule has 0 aromatic heterocycles. The maximum atomic E-state index is 13.1. The Morgan fingerprint density at radius 2 is 1.85 bits per heavy atom. The average molecular weight is 475 g/mol. The Morgan fingerprint density at radius 3 is 2.52 bits per heavy atom. The van der Waals surface area contributed by atoms with E-state index in [0.717, 1.165) is 16.0 Å². The molecule has 176 valence electrons. The number of nitrogens with one attached hydrogen (secondary N) is 1. The Kier molecular flexibility index (Phi) is 7.61. The number of aliphatic hydroxyl groups excluding tert-OH is 1. The Labute approximate surface area is 196 Å². The van der Waals surface area contributed by atoms with Crippen molar-refractivity contribution in [3.05, 3.63) is 64.7 Å². The summed E-state index contributed by atoms with van der Waals surface area (Å²) >= 11 is 6.09. The predicted octanol–water partition coefficient (Wildman–Crippen LogP) is 2.00. The number of aliphatic carboxylic acids is 1. The van der Waals surface area contributed by atoms with E-state index in [1.54, 1.807) is 6.92 Å². The lowest BCUT2D eigenvalue weighted by Gasteiger charge is -2.29. The van der Waals surface area contributed by atoms with Gasteiger partial charge in [0.15, 0.2) is 6.10 Å². The number of carbonyl (C=O) groups is 3. The van der Waals surface area contributed by atoms with Gasteiger partial charge < -0.3 is 25.5 Å². The molecule has 0 unspecified atom stereocenters. The fraction of sp³-hybridized carbons (Fsp3) is 0.375. The Hall–Kier alpha value is -3.10. The Morgan fingerprint density at radius 1 is 1.15 bits per heavy atom. The molecule has 0 spiro atoms. The predicted molar refractivity (Wildman–Crippen MR) is 122 cm³/mol. The Balaban J connectivity index is 1.90. The lowest BCUT2D eigenvalue weighted by atomic mass is 9.96. The zero-order chi connectivity index (χ0) is 24.3. The first kappa shape index (κ1) is 24.5. The number of carbonyl (C=O) groups excluding carboxylic acids is 2. The van der Waals surface area contributed by atoms with Crippen LogP contribution in [-0.2, 0) is 16.0 Å². The zero-order valence-electron chi connectivity index (χ0n) is 18.4. The van der Waals surface area contributed by atoms with Crippen LogP contribution in [0.1, 0.15) is 33.5 Å². The molecule has 1 aliphatic rings. The molecule has 4 N–H and O–H groups in total. The maximum absolute atomic E-state index is 13.1. The molecule has 2 aromatic carbocycles. The monoisotopic (exact) mass is 474 g/mol. The van der Waals surface area contributed by atoms with Crippen LogP contribution in [0.4, 0.5) is 0 Å². The molecular formula is C24H27ClN2O6. The fourth-order valence-corrected chi connectivity index (χ4v) is 4.36. The van der Waals surface area contributed by atoms with Crippen LogP contribution in [0.25, 0.3) is 0 Å². The molecule has 0 bridgehead atoms. The van der Waals surface area contributed by atoms with Crippen molar-refractivity contribution in [2.75, 3.05) is 6.54 Å². The van der Waals surface area contributed by atoms with E-state index in [-0.39, 0.29) is 30.7 Å². The molecule has 9 heteroatoms. The number of rotatable bonds is 7. The summed E-state index contributed by atoms with van der Waals surface area (Å²) in [4.78, 5) is 38.8. The summed E-state index contributed by atoms with van der Waals surface area (Å²) in [6, 6.07) is 9.70. The van der Waals surface area contributed by atoms with Gasteiger partial charge in [-0.1, -0.05) is 30.3 Å². The van der Waals surface area contributed by atoms with Gasteiger partial charge in [0.1, 0.15) is 11.8 Å². The van der Waals surface area contributed by atoms with E-state index in [0.29, 0.717) is 5.56 Å². The molecule has 4 atom stereocenters. The van der Waals surface area contributed by atoms with Gasteiger partial charge in [0.2, 0.25) is 0 Å². The summed E-state index contributed by atoms with van der Waals surface area (Å²) in [5.41, 5.74) is 2.29. The van der Waals surface area contributed by atoms with E-state index in [2.05, 4.69) is 5.32 Å². The minimum Gasteiger partial charge on any atom is -0.508 e. The number of aliphatic hydroxyl groups is 1. The van der Waals surface area contributed by atoms with Crippen LogP contribution in [0.3, 0.4) is 0 Å². The number of carboxylic acid groups (broad SMARTS) is 1. The Bertz CT molecular complexity index is 1060. The van der Waals surface area contributed by atoms with E-state index in [9.17, 15) is 29.7 Å². The highest BCUT2D eigenvalue weighted by molar-refractivity contribution is 6.21. The highest BCUT2D eigenvalue weighted by Gasteiger charge is 2.43. The minimum absolute atomic E-state index is 0.00882. The van der Waals surface area contributed by atoms with Gasteiger partial charge in [-0.15, -0.1) is 11.6 Å². The number of carboxylic acids is 1. The topological polar surface area (TPSA) is 127 Å². The molecule has 1 saturated heterocycles. The number of phenolic OH excluding ortho intramolecular Hbond substituents is 1. The lowest BCUT2D eigenvalue weighted by Crippen LogP contribution is -2.54. The van der Waals surface area contributed by atoms with E-state index < -0.39 is 41.3 Å². The van der Waals surface area contributed by atoms with Gasteiger partial charge in [-0.05, 0) is 49.9 Å². The maximum Gasteiger partial charge on any atom is 0.326 e. The number of alkyl halides is 1. The molecule has 33 heavy (non-hydrogen) atoms. The molecule has 0 radical (unpaired) electrons. The molecule has 1 heterocycles. The summed E-state index contributed by atoms with van der Waals surface area (Å²) in [5.74, 6) is -2.63. The second-order valence-electron chi connectivity index (χ2n) is 8.28. The second kappa shape index (κ2) is 10.2. The van der Waals surface area contributed by atoms with Crippen LogP contribution in [0.15, 0.2) is 42.5 Å². The average Bonchev–Trinajstić information content (AvgIpc) is 3.17. The summed E-state index contributed by atoms with van der Waals surface area (Å²) in [7, 11) is 0. The van der Waals surface area contributed by atoms with Crippen molar-refractivity contribution in [2.24, 2.45) is 0 Å². The van der Waals surface area contributed by atoms with Crippen LogP contribution in [0, 0.1) is 13.8 Å². The van der Waals surface area contributed by atoms with Gasteiger partial charge in [-0.25, -0.2) is 4.79 Å². The number of hydrogen-bond acceptors (Lipinski definition) is 5. The van der Waals surface area contributed by atoms with Crippen molar-refractivity contribution in [1.29, 1.82) is 0 Å². The highest BCUT2D eigenvalue weighted by atomic mass is 35.5. The molecule has 0 aliphatic carbocycles. The van der Waals surface area contributed by atoms with Crippen LogP contribution < -0.4 is 5.32 Å². The van der Waals surface area contributed by atoms with Crippen molar-refractivity contribution in [3.63, 3.8) is 0 Å². The van der Waals surface area contributed by atoms with Crippen LogP contribution in [0.2, 0.25) is 0 Å². The molecule has 8 nitrogen and oxygen atoms in total. The van der Waals surface area contributed by atoms with E-state index in [1.165, 1.54) is 18.2 Å². The minimum atomic E-state index is -1.70. The number of aryl methyl sites for hydroxylation is 1. The van der Waals surface area contributed by atoms with Crippen LogP contribution in [0.5, 0.6) is 5.75 Å². The molecular weight excluding hydrogens is 448 g/mol.